The number of carbonyl (C=O) groups excluding carboxylic acids is 1. The van der Waals surface area contributed by atoms with Gasteiger partial charge in [0.25, 0.3) is 5.69 Å². The number of ether oxygens (including phenoxy) is 5. The number of aromatic nitrogens is 1. The molecule has 4 saturated heterocycles. The van der Waals surface area contributed by atoms with Crippen LogP contribution in [0.5, 0.6) is 0 Å². The number of anilines is 1. The van der Waals surface area contributed by atoms with Crippen LogP contribution in [-0.2, 0) is 28.5 Å². The van der Waals surface area contributed by atoms with Gasteiger partial charge in [-0.05, 0) is 87.0 Å². The van der Waals surface area contributed by atoms with Gasteiger partial charge in [0.2, 0.25) is 0 Å². The van der Waals surface area contributed by atoms with Gasteiger partial charge < -0.3 is 53.7 Å². The minimum Gasteiger partial charge on any atom is -0.459 e. The Morgan fingerprint density at radius 3 is 2.34 bits per heavy atom. The van der Waals surface area contributed by atoms with Crippen LogP contribution in [0, 0.1) is 27.9 Å². The Morgan fingerprint density at radius 2 is 1.77 bits per heavy atom. The molecule has 4 aliphatic heterocycles. The minimum absolute atomic E-state index is 0.0334. The van der Waals surface area contributed by atoms with Crippen molar-refractivity contribution >= 4 is 17.5 Å². The number of rotatable bonds is 6. The minimum atomic E-state index is -1.75. The summed E-state index contributed by atoms with van der Waals surface area (Å²) in [5.74, 6) is -2.59. The van der Waals surface area contributed by atoms with E-state index in [4.69, 9.17) is 23.7 Å². The Hall–Kier alpha value is -2.54. The SMILES string of the molecule is CC[C@H]1OC(=O)[C@H](C)[C@H]2OC3(CCN(c4ccc([N+](=O)[O-])cn4)CC3)O[C@](C)(C[C@@H](C)CN(C)[C@H](C)[C@@H](O)[C@]1(C)O)[C@H](O[C@@H]1O[C@H](C)CC(N(C)C)[C@H]1O)[C@H]2C. The number of aliphatic hydroxyl groups excluding tert-OH is 2. The van der Waals surface area contributed by atoms with E-state index in [-0.39, 0.29) is 30.2 Å². The second-order valence-corrected chi connectivity index (χ2v) is 17.8. The molecule has 5 rings (SSSR count). The molecule has 1 unspecified atom stereocenters. The van der Waals surface area contributed by atoms with Crippen LogP contribution in [-0.4, -0.2) is 154 Å². The highest BCUT2D eigenvalue weighted by Gasteiger charge is 2.58. The molecule has 0 amide bonds. The molecule has 2 bridgehead atoms. The maximum atomic E-state index is 14.3. The number of fused-ring (bicyclic) bond motifs is 3. The number of esters is 1. The fraction of sp³-hybridized carbons (Fsp3) is 0.850. The van der Waals surface area contributed by atoms with E-state index in [9.17, 15) is 30.2 Å². The van der Waals surface area contributed by atoms with Crippen molar-refractivity contribution < 1.29 is 48.7 Å². The van der Waals surface area contributed by atoms with Crippen LogP contribution in [0.4, 0.5) is 11.5 Å². The Morgan fingerprint density at radius 1 is 1.11 bits per heavy atom. The zero-order valence-electron chi connectivity index (χ0n) is 35.2. The second kappa shape index (κ2) is 17.4. The van der Waals surface area contributed by atoms with Crippen LogP contribution >= 0.6 is 0 Å². The number of nitro groups is 1. The third-order valence-electron chi connectivity index (χ3n) is 13.0. The first-order valence-corrected chi connectivity index (χ1v) is 20.3. The third kappa shape index (κ3) is 9.18. The number of cyclic esters (lactones) is 1. The average molecular weight is 794 g/mol. The van der Waals surface area contributed by atoms with Gasteiger partial charge in [0.1, 0.15) is 35.9 Å². The highest BCUT2D eigenvalue weighted by Crippen LogP contribution is 2.48. The number of pyridine rings is 1. The lowest BCUT2D eigenvalue weighted by Gasteiger charge is -2.49. The van der Waals surface area contributed by atoms with E-state index in [1.54, 1.807) is 13.0 Å². The molecule has 0 radical (unpaired) electrons. The van der Waals surface area contributed by atoms with E-state index in [2.05, 4.69) is 11.9 Å². The van der Waals surface area contributed by atoms with Crippen molar-refractivity contribution in [3.63, 3.8) is 0 Å². The molecule has 1 aromatic rings. The normalized spacial score (nSPS) is 41.8. The van der Waals surface area contributed by atoms with E-state index < -0.39 is 82.6 Å². The van der Waals surface area contributed by atoms with E-state index in [1.165, 1.54) is 19.2 Å². The molecule has 3 N–H and O–H groups in total. The topological polar surface area (TPSA) is 190 Å². The fourth-order valence-electron chi connectivity index (χ4n) is 9.67. The molecule has 16 heteroatoms. The van der Waals surface area contributed by atoms with Crippen LogP contribution in [0.1, 0.15) is 87.5 Å². The smallest absolute Gasteiger partial charge is 0.311 e. The van der Waals surface area contributed by atoms with Crippen LogP contribution in [0.25, 0.3) is 0 Å². The lowest BCUT2D eigenvalue weighted by molar-refractivity contribution is -0.385. The van der Waals surface area contributed by atoms with Crippen LogP contribution < -0.4 is 4.90 Å². The van der Waals surface area contributed by atoms with Gasteiger partial charge in [-0.2, -0.15) is 0 Å². The zero-order chi connectivity index (χ0) is 41.5. The molecule has 318 valence electrons. The second-order valence-electron chi connectivity index (χ2n) is 17.8. The Kier molecular flexibility index (Phi) is 13.8. The lowest BCUT2D eigenvalue weighted by atomic mass is 9.78. The Bertz CT molecular complexity index is 1490. The van der Waals surface area contributed by atoms with Gasteiger partial charge >= 0.3 is 5.97 Å². The largest absolute Gasteiger partial charge is 0.459 e. The molecule has 4 aliphatic rings. The van der Waals surface area contributed by atoms with Gasteiger partial charge in [0.05, 0.1) is 34.8 Å². The van der Waals surface area contributed by atoms with Gasteiger partial charge in [-0.15, -0.1) is 0 Å². The molecule has 4 fully saturated rings. The number of hydrogen-bond donors (Lipinski definition) is 3. The van der Waals surface area contributed by atoms with E-state index >= 15 is 0 Å². The standard InChI is InChI=1S/C40H67N5O11/c1-12-30-39(8,49)34(47)27(6)43(11)22-23(2)20-38(7)35(54-37-32(46)29(42(9)10)19-24(3)52-37)25(4)33(26(5)36(48)53-30)55-40(56-38)15-17-44(18-16-40)31-14-13-28(21-41-31)45(50)51/h13-14,21,23-27,29-30,32-35,37,46-47,49H,12,15-20,22H2,1-11H3/t23-,24-,25+,26-,27-,29?,30-,32-,33+,34-,35-,37+,38-,39-/m1/s1. The number of likely N-dealkylation sites (N-methyl/N-ethyl adjacent to an activating group) is 2. The zero-order valence-corrected chi connectivity index (χ0v) is 35.2. The summed E-state index contributed by atoms with van der Waals surface area (Å²) < 4.78 is 34.0. The Balaban J connectivity index is 1.59. The van der Waals surface area contributed by atoms with Crippen molar-refractivity contribution in [1.29, 1.82) is 0 Å². The van der Waals surface area contributed by atoms with E-state index in [0.717, 1.165) is 0 Å². The Labute approximate surface area is 331 Å². The molecule has 0 aromatic carbocycles. The van der Waals surface area contributed by atoms with Crippen molar-refractivity contribution in [2.24, 2.45) is 17.8 Å². The molecule has 0 aliphatic carbocycles. The summed E-state index contributed by atoms with van der Waals surface area (Å²) in [6.07, 6.45) is -2.59. The number of hydrogen-bond acceptors (Lipinski definition) is 15. The van der Waals surface area contributed by atoms with Crippen molar-refractivity contribution in [1.82, 2.24) is 14.8 Å². The molecule has 1 spiro atoms. The summed E-state index contributed by atoms with van der Waals surface area (Å²) in [7, 11) is 5.75. The summed E-state index contributed by atoms with van der Waals surface area (Å²) in [6, 6.07) is 2.36. The van der Waals surface area contributed by atoms with Crippen LogP contribution in [0.2, 0.25) is 0 Å². The number of piperidine rings is 1. The van der Waals surface area contributed by atoms with Gasteiger partial charge in [0, 0.05) is 56.5 Å². The number of nitrogens with zero attached hydrogens (tertiary/aromatic N) is 5. The highest BCUT2D eigenvalue weighted by molar-refractivity contribution is 5.73. The molecule has 16 nitrogen and oxygen atoms in total. The predicted octanol–water partition coefficient (Wildman–Crippen LogP) is 3.34. The average Bonchev–Trinajstić information content (AvgIpc) is 3.22. The van der Waals surface area contributed by atoms with Crippen molar-refractivity contribution in [2.45, 2.75) is 159 Å². The molecule has 5 heterocycles. The molecular weight excluding hydrogens is 726 g/mol. The van der Waals surface area contributed by atoms with E-state index in [0.29, 0.717) is 51.1 Å². The van der Waals surface area contributed by atoms with Crippen molar-refractivity contribution in [2.75, 3.05) is 45.7 Å². The molecular formula is C40H67N5O11. The molecule has 1 aromatic heterocycles. The fourth-order valence-corrected chi connectivity index (χ4v) is 9.67. The van der Waals surface area contributed by atoms with Crippen LogP contribution in [0.3, 0.4) is 0 Å². The molecule has 14 atom stereocenters. The summed E-state index contributed by atoms with van der Waals surface area (Å²) in [5.41, 5.74) is -2.90. The summed E-state index contributed by atoms with van der Waals surface area (Å²) in [5, 5.41) is 46.3. The van der Waals surface area contributed by atoms with Gasteiger partial charge in [0.15, 0.2) is 12.1 Å². The molecule has 0 saturated carbocycles. The lowest BCUT2D eigenvalue weighted by Crippen LogP contribution is -2.60. The maximum Gasteiger partial charge on any atom is 0.311 e. The summed E-state index contributed by atoms with van der Waals surface area (Å²) in [6.45, 7) is 16.4. The third-order valence-corrected chi connectivity index (χ3v) is 13.0. The predicted molar refractivity (Wildman–Crippen MR) is 208 cm³/mol. The van der Waals surface area contributed by atoms with Crippen molar-refractivity contribution in [3.05, 3.63) is 28.4 Å². The maximum absolute atomic E-state index is 14.3. The number of carbonyl (C=O) groups is 1. The molecule has 56 heavy (non-hydrogen) atoms. The van der Waals surface area contributed by atoms with E-state index in [1.807, 2.05) is 70.5 Å². The summed E-state index contributed by atoms with van der Waals surface area (Å²) in [4.78, 5) is 35.5. The highest BCUT2D eigenvalue weighted by atomic mass is 16.7. The first kappa shape index (κ1) is 44.6. The van der Waals surface area contributed by atoms with Gasteiger partial charge in [-0.3, -0.25) is 14.9 Å². The first-order chi connectivity index (χ1) is 26.1. The van der Waals surface area contributed by atoms with Gasteiger partial charge in [-0.25, -0.2) is 4.98 Å². The van der Waals surface area contributed by atoms with Crippen molar-refractivity contribution in [3.8, 4) is 0 Å². The van der Waals surface area contributed by atoms with Gasteiger partial charge in [-0.1, -0.05) is 20.8 Å². The monoisotopic (exact) mass is 793 g/mol. The van der Waals surface area contributed by atoms with Crippen LogP contribution in [0.15, 0.2) is 18.3 Å². The summed E-state index contributed by atoms with van der Waals surface area (Å²) >= 11 is 0. The quantitative estimate of drug-likeness (QED) is 0.216. The number of aliphatic hydroxyl groups is 3. The first-order valence-electron chi connectivity index (χ1n) is 20.3.